The predicted octanol–water partition coefficient (Wildman–Crippen LogP) is 1.02. The number of nitrogens with two attached hydrogens (primary N) is 1. The van der Waals surface area contributed by atoms with Gasteiger partial charge in [0.15, 0.2) is 0 Å². The van der Waals surface area contributed by atoms with Crippen LogP contribution in [-0.4, -0.2) is 44.6 Å². The van der Waals surface area contributed by atoms with Crippen LogP contribution in [0.1, 0.15) is 39.0 Å². The van der Waals surface area contributed by atoms with Crippen LogP contribution in [0.5, 0.6) is 0 Å². The van der Waals surface area contributed by atoms with E-state index in [1.807, 2.05) is 6.92 Å². The van der Waals surface area contributed by atoms with E-state index in [2.05, 4.69) is 0 Å². The summed E-state index contributed by atoms with van der Waals surface area (Å²) in [6, 6.07) is -0.692. The predicted molar refractivity (Wildman–Crippen MR) is 70.2 cm³/mol. The van der Waals surface area contributed by atoms with Gasteiger partial charge in [0.25, 0.3) is 0 Å². The first-order valence-electron chi connectivity index (χ1n) is 6.37. The van der Waals surface area contributed by atoms with E-state index >= 15 is 0 Å². The van der Waals surface area contributed by atoms with E-state index in [1.165, 1.54) is 16.7 Å². The van der Waals surface area contributed by atoms with Crippen molar-refractivity contribution >= 4 is 23.6 Å². The molecule has 102 valence electrons. The van der Waals surface area contributed by atoms with Gasteiger partial charge in [0, 0.05) is 17.7 Å². The van der Waals surface area contributed by atoms with Crippen LogP contribution >= 0.6 is 11.8 Å². The minimum Gasteiger partial charge on any atom is -0.480 e. The third-order valence-electron chi connectivity index (χ3n) is 3.90. The third kappa shape index (κ3) is 2.64. The molecule has 2 unspecified atom stereocenters. The Hall–Kier alpha value is -0.750. The smallest absolute Gasteiger partial charge is 0.327 e. The molecule has 2 aliphatic rings. The van der Waals surface area contributed by atoms with Gasteiger partial charge >= 0.3 is 5.97 Å². The number of amides is 1. The highest BCUT2D eigenvalue weighted by molar-refractivity contribution is 8.00. The van der Waals surface area contributed by atoms with Crippen molar-refractivity contribution in [3.05, 3.63) is 0 Å². The van der Waals surface area contributed by atoms with Gasteiger partial charge in [-0.15, -0.1) is 11.8 Å². The van der Waals surface area contributed by atoms with Crippen molar-refractivity contribution in [3.8, 4) is 0 Å². The molecule has 6 heteroatoms. The van der Waals surface area contributed by atoms with Crippen LogP contribution in [0.3, 0.4) is 0 Å². The molecule has 0 spiro atoms. The second kappa shape index (κ2) is 5.09. The van der Waals surface area contributed by atoms with Crippen molar-refractivity contribution in [1.82, 2.24) is 4.90 Å². The molecule has 0 bridgehead atoms. The molecule has 5 nitrogen and oxygen atoms in total. The van der Waals surface area contributed by atoms with E-state index in [4.69, 9.17) is 10.8 Å². The lowest BCUT2D eigenvalue weighted by molar-refractivity contribution is -0.149. The first kappa shape index (κ1) is 13.7. The molecule has 1 saturated carbocycles. The van der Waals surface area contributed by atoms with Crippen LogP contribution in [0.15, 0.2) is 0 Å². The van der Waals surface area contributed by atoms with Crippen LogP contribution in [0.4, 0.5) is 0 Å². The summed E-state index contributed by atoms with van der Waals surface area (Å²) in [6.45, 7) is 1.88. The number of hydrogen-bond acceptors (Lipinski definition) is 4. The molecule has 0 radical (unpaired) electrons. The monoisotopic (exact) mass is 272 g/mol. The average Bonchev–Trinajstić information content (AvgIpc) is 2.84. The Labute approximate surface area is 111 Å². The van der Waals surface area contributed by atoms with Gasteiger partial charge in [-0.3, -0.25) is 4.79 Å². The first-order chi connectivity index (χ1) is 8.43. The number of carbonyl (C=O) groups excluding carboxylic acids is 1. The third-order valence-corrected chi connectivity index (χ3v) is 5.12. The highest BCUT2D eigenvalue weighted by atomic mass is 32.2. The van der Waals surface area contributed by atoms with Crippen LogP contribution in [0, 0.1) is 0 Å². The van der Waals surface area contributed by atoms with Gasteiger partial charge in [0.1, 0.15) is 6.04 Å². The average molecular weight is 272 g/mol. The quantitative estimate of drug-likeness (QED) is 0.801. The van der Waals surface area contributed by atoms with Crippen LogP contribution < -0.4 is 5.73 Å². The number of aliphatic carboxylic acids is 1. The van der Waals surface area contributed by atoms with Crippen LogP contribution in [0.25, 0.3) is 0 Å². The van der Waals surface area contributed by atoms with Gasteiger partial charge < -0.3 is 15.7 Å². The SMILES string of the molecule is CC1SCC(C(=O)O)N1C(=O)CC1(N)CCCC1. The van der Waals surface area contributed by atoms with E-state index in [9.17, 15) is 9.59 Å². The number of carboxylic acids is 1. The maximum atomic E-state index is 12.3. The molecule has 18 heavy (non-hydrogen) atoms. The van der Waals surface area contributed by atoms with Gasteiger partial charge in [0.2, 0.25) is 5.91 Å². The zero-order chi connectivity index (χ0) is 13.3. The fraction of sp³-hybridized carbons (Fsp3) is 0.833. The highest BCUT2D eigenvalue weighted by Gasteiger charge is 2.42. The summed E-state index contributed by atoms with van der Waals surface area (Å²) in [4.78, 5) is 24.9. The summed E-state index contributed by atoms with van der Waals surface area (Å²) >= 11 is 1.51. The second-order valence-electron chi connectivity index (χ2n) is 5.33. The standard InChI is InChI=1S/C12H20N2O3S/c1-8-14(9(7-18-8)11(16)17)10(15)6-12(13)4-2-3-5-12/h8-9H,2-7,13H2,1H3,(H,16,17). The molecule has 1 amide bonds. The van der Waals surface area contributed by atoms with Crippen molar-refractivity contribution in [3.63, 3.8) is 0 Å². The number of rotatable bonds is 3. The lowest BCUT2D eigenvalue weighted by Crippen LogP contribution is -2.49. The Morgan fingerprint density at radius 2 is 2.06 bits per heavy atom. The number of hydrogen-bond donors (Lipinski definition) is 2. The zero-order valence-corrected chi connectivity index (χ0v) is 11.4. The van der Waals surface area contributed by atoms with E-state index < -0.39 is 17.6 Å². The lowest BCUT2D eigenvalue weighted by atomic mass is 9.94. The minimum absolute atomic E-state index is 0.0661. The van der Waals surface area contributed by atoms with Gasteiger partial charge in [-0.1, -0.05) is 12.8 Å². The Kier molecular flexibility index (Phi) is 3.87. The fourth-order valence-electron chi connectivity index (χ4n) is 2.86. The summed E-state index contributed by atoms with van der Waals surface area (Å²) in [5.41, 5.74) is 5.78. The summed E-state index contributed by atoms with van der Waals surface area (Å²) < 4.78 is 0. The van der Waals surface area contributed by atoms with E-state index in [-0.39, 0.29) is 17.7 Å². The molecule has 0 aromatic heterocycles. The summed E-state index contributed by atoms with van der Waals surface area (Å²) in [5, 5.41) is 9.07. The van der Waals surface area contributed by atoms with Gasteiger partial charge in [-0.25, -0.2) is 4.79 Å². The van der Waals surface area contributed by atoms with Crippen molar-refractivity contribution in [2.75, 3.05) is 5.75 Å². The van der Waals surface area contributed by atoms with Gasteiger partial charge in [0.05, 0.1) is 5.37 Å². The van der Waals surface area contributed by atoms with E-state index in [0.717, 1.165) is 25.7 Å². The molecule has 0 aromatic rings. The largest absolute Gasteiger partial charge is 0.480 e. The summed E-state index contributed by atoms with van der Waals surface area (Å²) in [6.07, 6.45) is 4.15. The first-order valence-corrected chi connectivity index (χ1v) is 7.42. The Balaban J connectivity index is 2.04. The zero-order valence-electron chi connectivity index (χ0n) is 10.6. The molecule has 1 saturated heterocycles. The molecule has 3 N–H and O–H groups in total. The lowest BCUT2D eigenvalue weighted by Gasteiger charge is -2.30. The molecular formula is C12H20N2O3S. The van der Waals surface area contributed by atoms with Crippen molar-refractivity contribution in [2.24, 2.45) is 5.73 Å². The molecular weight excluding hydrogens is 252 g/mol. The molecule has 1 aliphatic heterocycles. The number of thioether (sulfide) groups is 1. The fourth-order valence-corrected chi connectivity index (χ4v) is 4.05. The minimum atomic E-state index is -0.919. The van der Waals surface area contributed by atoms with Crippen LogP contribution in [0.2, 0.25) is 0 Å². The second-order valence-corrected chi connectivity index (χ2v) is 6.68. The van der Waals surface area contributed by atoms with Crippen molar-refractivity contribution in [1.29, 1.82) is 0 Å². The summed E-state index contributed by atoms with van der Waals surface area (Å²) in [5.74, 6) is -0.554. The van der Waals surface area contributed by atoms with Gasteiger partial charge in [-0.2, -0.15) is 0 Å². The van der Waals surface area contributed by atoms with Gasteiger partial charge in [-0.05, 0) is 19.8 Å². The maximum Gasteiger partial charge on any atom is 0.327 e. The number of carbonyl (C=O) groups is 2. The Morgan fingerprint density at radius 1 is 1.44 bits per heavy atom. The van der Waals surface area contributed by atoms with Crippen molar-refractivity contribution < 1.29 is 14.7 Å². The Morgan fingerprint density at radius 3 is 2.61 bits per heavy atom. The molecule has 1 aliphatic carbocycles. The van der Waals surface area contributed by atoms with E-state index in [1.54, 1.807) is 0 Å². The number of nitrogens with zero attached hydrogens (tertiary/aromatic N) is 1. The normalized spacial score (nSPS) is 30.7. The molecule has 2 atom stereocenters. The Bertz CT molecular complexity index is 355. The van der Waals surface area contributed by atoms with Crippen LogP contribution in [-0.2, 0) is 9.59 Å². The summed E-state index contributed by atoms with van der Waals surface area (Å²) in [7, 11) is 0. The maximum absolute atomic E-state index is 12.3. The molecule has 1 heterocycles. The molecule has 2 rings (SSSR count). The van der Waals surface area contributed by atoms with Crippen molar-refractivity contribution in [2.45, 2.75) is 56.0 Å². The topological polar surface area (TPSA) is 83.6 Å². The highest BCUT2D eigenvalue weighted by Crippen LogP contribution is 2.34. The van der Waals surface area contributed by atoms with E-state index in [0.29, 0.717) is 5.75 Å². The molecule has 2 fully saturated rings. The molecule has 0 aromatic carbocycles. The number of carboxylic acid groups (broad SMARTS) is 1.